The fourth-order valence-corrected chi connectivity index (χ4v) is 5.53. The van der Waals surface area contributed by atoms with Crippen LogP contribution >= 0.6 is 12.6 Å². The molecule has 0 saturated carbocycles. The van der Waals surface area contributed by atoms with Gasteiger partial charge in [-0.15, -0.1) is 12.6 Å². The molecule has 36 heavy (non-hydrogen) atoms. The highest BCUT2D eigenvalue weighted by Gasteiger charge is 2.55. The maximum absolute atomic E-state index is 13.4. The molecule has 6 atom stereocenters. The first kappa shape index (κ1) is 23.4. The minimum Gasteiger partial charge on any atom is -0.368 e. The van der Waals surface area contributed by atoms with Crippen LogP contribution in [-0.4, -0.2) is 53.1 Å². The molecule has 0 bridgehead atoms. The van der Waals surface area contributed by atoms with E-state index in [0.717, 1.165) is 11.1 Å². The van der Waals surface area contributed by atoms with E-state index in [1.54, 1.807) is 24.3 Å². The molecule has 0 aliphatic carbocycles. The molecule has 2 saturated heterocycles. The van der Waals surface area contributed by atoms with Gasteiger partial charge in [-0.05, 0) is 17.7 Å². The van der Waals surface area contributed by atoms with Gasteiger partial charge >= 0.3 is 0 Å². The van der Waals surface area contributed by atoms with E-state index in [0.29, 0.717) is 11.1 Å². The second-order valence-electron chi connectivity index (χ2n) is 9.02. The number of hydrogen-bond acceptors (Lipinski definition) is 7. The lowest BCUT2D eigenvalue weighted by atomic mass is 9.95. The highest BCUT2D eigenvalue weighted by molar-refractivity contribution is 7.80. The van der Waals surface area contributed by atoms with E-state index in [1.807, 2.05) is 60.7 Å². The number of ether oxygens (including phenoxy) is 4. The second-order valence-corrected chi connectivity index (χ2v) is 9.53. The molecule has 0 aromatic heterocycles. The minimum atomic E-state index is -0.805. The van der Waals surface area contributed by atoms with E-state index < -0.39 is 36.1 Å². The van der Waals surface area contributed by atoms with E-state index in [4.69, 9.17) is 18.9 Å². The van der Waals surface area contributed by atoms with Gasteiger partial charge < -0.3 is 18.9 Å². The molecule has 0 radical (unpaired) electrons. The van der Waals surface area contributed by atoms with Crippen molar-refractivity contribution in [3.05, 3.63) is 107 Å². The van der Waals surface area contributed by atoms with Crippen LogP contribution in [0.15, 0.2) is 84.9 Å². The fourth-order valence-electron chi connectivity index (χ4n) is 5.07. The molecule has 3 aromatic rings. The Balaban J connectivity index is 1.35. The fraction of sp³-hybridized carbons (Fsp3) is 0.286. The third kappa shape index (κ3) is 4.15. The summed E-state index contributed by atoms with van der Waals surface area (Å²) in [6.07, 6.45) is -2.38. The Labute approximate surface area is 214 Å². The quantitative estimate of drug-likeness (QED) is 0.419. The lowest BCUT2D eigenvalue weighted by Gasteiger charge is -2.50. The predicted octanol–water partition coefficient (Wildman–Crippen LogP) is 4.01. The summed E-state index contributed by atoms with van der Waals surface area (Å²) in [5, 5.41) is 0. The summed E-state index contributed by atoms with van der Waals surface area (Å²) in [7, 11) is 0. The van der Waals surface area contributed by atoms with E-state index in [2.05, 4.69) is 12.6 Å². The summed E-state index contributed by atoms with van der Waals surface area (Å²) < 4.78 is 25.0. The van der Waals surface area contributed by atoms with Gasteiger partial charge in [0.15, 0.2) is 6.29 Å². The maximum atomic E-state index is 13.4. The van der Waals surface area contributed by atoms with Crippen molar-refractivity contribution >= 4 is 24.4 Å². The Bertz CT molecular complexity index is 1220. The SMILES string of the molecule is O=C1c2ccccc2C(=O)N1[C@@H]1[C@@H](OCc2ccccc2)[C@H]2OC(c3ccccc3)OC[C@H]2O[C@H]1S. The third-order valence-corrected chi connectivity index (χ3v) is 7.23. The number of fused-ring (bicyclic) bond motifs is 2. The molecular formula is C28H25NO6S. The largest absolute Gasteiger partial charge is 0.368 e. The Morgan fingerprint density at radius 2 is 1.44 bits per heavy atom. The number of thiol groups is 1. The van der Waals surface area contributed by atoms with Crippen molar-refractivity contribution in [3.63, 3.8) is 0 Å². The number of rotatable bonds is 5. The minimum absolute atomic E-state index is 0.265. The summed E-state index contributed by atoms with van der Waals surface area (Å²) in [6.45, 7) is 0.538. The van der Waals surface area contributed by atoms with Crippen molar-refractivity contribution in [2.75, 3.05) is 6.61 Å². The van der Waals surface area contributed by atoms with Crippen molar-refractivity contribution in [2.45, 2.75) is 42.7 Å². The Morgan fingerprint density at radius 1 is 0.833 bits per heavy atom. The summed E-state index contributed by atoms with van der Waals surface area (Å²) in [4.78, 5) is 28.1. The summed E-state index contributed by atoms with van der Waals surface area (Å²) in [5.74, 6) is -0.775. The number of carbonyl (C=O) groups is 2. The van der Waals surface area contributed by atoms with Crippen LogP contribution in [0, 0.1) is 0 Å². The monoisotopic (exact) mass is 503 g/mol. The highest BCUT2D eigenvalue weighted by atomic mass is 32.1. The first-order chi connectivity index (χ1) is 17.6. The molecule has 2 fully saturated rings. The van der Waals surface area contributed by atoms with Gasteiger partial charge in [-0.2, -0.15) is 0 Å². The molecule has 3 aliphatic heterocycles. The van der Waals surface area contributed by atoms with Crippen LogP contribution in [0.2, 0.25) is 0 Å². The van der Waals surface area contributed by atoms with Crippen molar-refractivity contribution in [1.82, 2.24) is 4.90 Å². The van der Waals surface area contributed by atoms with Crippen molar-refractivity contribution in [1.29, 1.82) is 0 Å². The number of nitrogens with zero attached hydrogens (tertiary/aromatic N) is 1. The van der Waals surface area contributed by atoms with Gasteiger partial charge in [0.2, 0.25) is 0 Å². The number of benzene rings is 3. The van der Waals surface area contributed by atoms with Gasteiger partial charge in [0.1, 0.15) is 29.8 Å². The number of carbonyl (C=O) groups excluding carboxylic acids is 2. The molecule has 3 aliphatic rings. The van der Waals surface area contributed by atoms with Gasteiger partial charge in [0.05, 0.1) is 24.3 Å². The van der Waals surface area contributed by atoms with E-state index >= 15 is 0 Å². The highest BCUT2D eigenvalue weighted by Crippen LogP contribution is 2.40. The first-order valence-electron chi connectivity index (χ1n) is 11.9. The normalized spacial score (nSPS) is 29.6. The van der Waals surface area contributed by atoms with Gasteiger partial charge in [-0.1, -0.05) is 72.8 Å². The van der Waals surface area contributed by atoms with Crippen LogP contribution in [0.3, 0.4) is 0 Å². The average molecular weight is 504 g/mol. The summed E-state index contributed by atoms with van der Waals surface area (Å²) in [6, 6.07) is 25.3. The molecule has 0 N–H and O–H groups in total. The van der Waals surface area contributed by atoms with Gasteiger partial charge in [0, 0.05) is 5.56 Å². The Kier molecular flexibility index (Phi) is 6.37. The van der Waals surface area contributed by atoms with Crippen LogP contribution in [0.4, 0.5) is 0 Å². The molecule has 6 rings (SSSR count). The third-order valence-electron chi connectivity index (χ3n) is 6.81. The number of amides is 2. The van der Waals surface area contributed by atoms with E-state index in [9.17, 15) is 9.59 Å². The maximum Gasteiger partial charge on any atom is 0.262 e. The second kappa shape index (κ2) is 9.80. The van der Waals surface area contributed by atoms with Crippen LogP contribution in [-0.2, 0) is 25.6 Å². The zero-order valence-corrected chi connectivity index (χ0v) is 20.2. The zero-order chi connectivity index (χ0) is 24.6. The topological polar surface area (TPSA) is 74.3 Å². The van der Waals surface area contributed by atoms with E-state index in [-0.39, 0.29) is 25.0 Å². The van der Waals surface area contributed by atoms with Crippen molar-refractivity contribution in [2.24, 2.45) is 0 Å². The first-order valence-corrected chi connectivity index (χ1v) is 12.4. The van der Waals surface area contributed by atoms with E-state index in [1.165, 1.54) is 4.90 Å². The molecule has 8 heteroatoms. The zero-order valence-electron chi connectivity index (χ0n) is 19.3. The number of imide groups is 1. The molecule has 2 amide bonds. The molecule has 1 unspecified atom stereocenters. The van der Waals surface area contributed by atoms with Gasteiger partial charge in [-0.25, -0.2) is 0 Å². The average Bonchev–Trinajstić information content (AvgIpc) is 3.17. The molecule has 0 spiro atoms. The number of hydrogen-bond donors (Lipinski definition) is 1. The lowest BCUT2D eigenvalue weighted by Crippen LogP contribution is -2.66. The van der Waals surface area contributed by atoms with Gasteiger partial charge in [0.25, 0.3) is 11.8 Å². The standard InChI is InChI=1S/C28H25NO6S/c30-25-19-13-7-8-14-20(19)26(31)29(25)22-24(32-15-17-9-3-1-4-10-17)23-21(34-28(22)36)16-33-27(35-23)18-11-5-2-6-12-18/h1-14,21-24,27-28,36H,15-16H2/t21-,22-,23+,24-,27?,28+/m1/s1. The summed E-state index contributed by atoms with van der Waals surface area (Å²) in [5.41, 5.74) is 1.77. The van der Waals surface area contributed by atoms with Crippen LogP contribution in [0.1, 0.15) is 38.1 Å². The molecule has 3 heterocycles. The van der Waals surface area contributed by atoms with Crippen LogP contribution < -0.4 is 0 Å². The van der Waals surface area contributed by atoms with Gasteiger partial charge in [-0.3, -0.25) is 14.5 Å². The lowest BCUT2D eigenvalue weighted by molar-refractivity contribution is -0.316. The van der Waals surface area contributed by atoms with Crippen LogP contribution in [0.5, 0.6) is 0 Å². The Hall–Kier alpha value is -3.01. The van der Waals surface area contributed by atoms with Crippen molar-refractivity contribution in [3.8, 4) is 0 Å². The Morgan fingerprint density at radius 3 is 2.11 bits per heavy atom. The molecule has 3 aromatic carbocycles. The smallest absolute Gasteiger partial charge is 0.262 e. The molecular weight excluding hydrogens is 478 g/mol. The molecule has 184 valence electrons. The van der Waals surface area contributed by atoms with Crippen LogP contribution in [0.25, 0.3) is 0 Å². The summed E-state index contributed by atoms with van der Waals surface area (Å²) >= 11 is 4.68. The predicted molar refractivity (Wildman–Crippen MR) is 133 cm³/mol. The molecule has 7 nitrogen and oxygen atoms in total. The van der Waals surface area contributed by atoms with Crippen molar-refractivity contribution < 1.29 is 28.5 Å².